The van der Waals surface area contributed by atoms with Gasteiger partial charge in [0.1, 0.15) is 0 Å². The first kappa shape index (κ1) is 5.19. The highest BCUT2D eigenvalue weighted by atomic mass is 35.5. The zero-order valence-corrected chi connectivity index (χ0v) is 5.17. The number of nitrogens with zero attached hydrogens (tertiary/aromatic N) is 1. The molecule has 0 spiro atoms. The first-order valence-corrected chi connectivity index (χ1v) is 3.13. The lowest BCUT2D eigenvalue weighted by Gasteiger charge is -1.87. The van der Waals surface area contributed by atoms with Crippen molar-refractivity contribution in [1.29, 1.82) is 0 Å². The minimum Gasteiger partial charge on any atom is -0.261 e. The molecule has 0 aliphatic carbocycles. The van der Waals surface area contributed by atoms with E-state index < -0.39 is 0 Å². The van der Waals surface area contributed by atoms with Crippen molar-refractivity contribution in [3.8, 4) is 0 Å². The van der Waals surface area contributed by atoms with Crippen molar-refractivity contribution in [3.05, 3.63) is 11.5 Å². The Morgan fingerprint density at radius 3 is 2.86 bits per heavy atom. The molecule has 0 fully saturated rings. The molecule has 1 heterocycles. The van der Waals surface area contributed by atoms with Crippen LogP contribution in [0.5, 0.6) is 0 Å². The highest BCUT2D eigenvalue weighted by Gasteiger charge is 2.08. The van der Waals surface area contributed by atoms with Crippen LogP contribution in [0.1, 0.15) is 0 Å². The molecule has 1 rings (SSSR count). The molecule has 0 saturated carbocycles. The van der Waals surface area contributed by atoms with E-state index >= 15 is 0 Å². The van der Waals surface area contributed by atoms with E-state index in [0.717, 1.165) is 4.91 Å². The Kier molecular flexibility index (Phi) is 1.40. The lowest BCUT2D eigenvalue weighted by Crippen LogP contribution is -1.72. The van der Waals surface area contributed by atoms with Crippen molar-refractivity contribution in [2.75, 3.05) is 0 Å². The van der Waals surface area contributed by atoms with Gasteiger partial charge in [-0.3, -0.25) is 4.99 Å². The van der Waals surface area contributed by atoms with Crippen molar-refractivity contribution in [2.45, 2.75) is 4.83 Å². The Morgan fingerprint density at radius 1 is 2.00 bits per heavy atom. The van der Waals surface area contributed by atoms with Gasteiger partial charge in [-0.05, 0) is 0 Å². The summed E-state index contributed by atoms with van der Waals surface area (Å²) in [5, 5.41) is 0. The molecule has 1 aliphatic heterocycles. The number of hydrogen-bond donors (Lipinski definition) is 0. The van der Waals surface area contributed by atoms with Gasteiger partial charge in [-0.2, -0.15) is 0 Å². The van der Waals surface area contributed by atoms with E-state index in [2.05, 4.69) is 11.6 Å². The Hall–Kier alpha value is 0.0500. The van der Waals surface area contributed by atoms with E-state index in [1.807, 2.05) is 0 Å². The monoisotopic (exact) mass is 133 g/mol. The molecule has 0 aromatic carbocycles. The van der Waals surface area contributed by atoms with Gasteiger partial charge in [0.2, 0.25) is 0 Å². The second-order valence-electron chi connectivity index (χ2n) is 1.15. The maximum atomic E-state index is 5.51. The lowest BCUT2D eigenvalue weighted by molar-refractivity contribution is 1.32. The fraction of sp³-hybridized carbons (Fsp3) is 0.250. The molecule has 0 aromatic heterocycles. The van der Waals surface area contributed by atoms with E-state index in [0.29, 0.717) is 0 Å². The molecule has 1 atom stereocenters. The molecule has 0 bridgehead atoms. The molecule has 38 valence electrons. The molecular weight excluding hydrogens is 130 g/mol. The molecule has 1 aliphatic rings. The third-order valence-electron chi connectivity index (χ3n) is 0.584. The average Bonchev–Trinajstić information content (AvgIpc) is 1.87. The summed E-state index contributed by atoms with van der Waals surface area (Å²) in [6.07, 6.45) is 1.68. The topological polar surface area (TPSA) is 12.4 Å². The van der Waals surface area contributed by atoms with Gasteiger partial charge in [-0.15, -0.1) is 0 Å². The largest absolute Gasteiger partial charge is 0.261 e. The van der Waals surface area contributed by atoms with Crippen molar-refractivity contribution in [3.63, 3.8) is 0 Å². The van der Waals surface area contributed by atoms with Gasteiger partial charge in [0, 0.05) is 11.1 Å². The number of thioether (sulfide) groups is 1. The lowest BCUT2D eigenvalue weighted by atomic mass is 10.7. The highest BCUT2D eigenvalue weighted by Crippen LogP contribution is 2.27. The molecule has 1 unspecified atom stereocenters. The summed E-state index contributed by atoms with van der Waals surface area (Å²) in [4.78, 5) is 4.65. The summed E-state index contributed by atoms with van der Waals surface area (Å²) in [6, 6.07) is 0. The molecule has 0 N–H and O–H groups in total. The van der Waals surface area contributed by atoms with Crippen LogP contribution in [0.4, 0.5) is 0 Å². The molecule has 1 nitrogen and oxygen atoms in total. The number of halogens is 1. The van der Waals surface area contributed by atoms with Gasteiger partial charge in [0.25, 0.3) is 0 Å². The fourth-order valence-corrected chi connectivity index (χ4v) is 1.22. The summed E-state index contributed by atoms with van der Waals surface area (Å²) in [5.41, 5.74) is 0. The van der Waals surface area contributed by atoms with Crippen LogP contribution in [-0.4, -0.2) is 11.0 Å². The standard InChI is InChI=1S/C4H4ClNS/c1-3-2-6-4(5)7-3/h2,4H,1H2. The number of rotatable bonds is 0. The third-order valence-corrected chi connectivity index (χ3v) is 1.69. The second kappa shape index (κ2) is 1.88. The van der Waals surface area contributed by atoms with Gasteiger partial charge in [0.15, 0.2) is 4.83 Å². The van der Waals surface area contributed by atoms with Crippen LogP contribution < -0.4 is 0 Å². The molecule has 0 radical (unpaired) electrons. The van der Waals surface area contributed by atoms with Crippen LogP contribution in [0.25, 0.3) is 0 Å². The second-order valence-corrected chi connectivity index (χ2v) is 3.03. The van der Waals surface area contributed by atoms with Crippen molar-refractivity contribution in [2.24, 2.45) is 4.99 Å². The number of allylic oxidation sites excluding steroid dienone is 1. The van der Waals surface area contributed by atoms with E-state index in [4.69, 9.17) is 11.6 Å². The number of alkyl halides is 1. The first-order valence-electron chi connectivity index (χ1n) is 1.82. The summed E-state index contributed by atoms with van der Waals surface area (Å²) in [7, 11) is 0. The average molecular weight is 134 g/mol. The predicted molar refractivity (Wildman–Crippen MR) is 34.9 cm³/mol. The maximum Gasteiger partial charge on any atom is 0.173 e. The zero-order chi connectivity index (χ0) is 5.28. The van der Waals surface area contributed by atoms with Crippen molar-refractivity contribution in [1.82, 2.24) is 0 Å². The third kappa shape index (κ3) is 1.21. The normalized spacial score (nSPS) is 29.3. The van der Waals surface area contributed by atoms with Crippen LogP contribution in [0, 0.1) is 0 Å². The van der Waals surface area contributed by atoms with Gasteiger partial charge in [0.05, 0.1) is 0 Å². The summed E-state index contributed by atoms with van der Waals surface area (Å²) in [5.74, 6) is 0. The summed E-state index contributed by atoms with van der Waals surface area (Å²) >= 11 is 6.98. The maximum absolute atomic E-state index is 5.51. The fourth-order valence-electron chi connectivity index (χ4n) is 0.328. The van der Waals surface area contributed by atoms with Crippen LogP contribution in [0.3, 0.4) is 0 Å². The molecule has 0 aromatic rings. The van der Waals surface area contributed by atoms with Gasteiger partial charge >= 0.3 is 0 Å². The number of aliphatic imine (C=N–C) groups is 1. The Labute approximate surface area is 51.5 Å². The molecule has 0 amide bonds. The van der Waals surface area contributed by atoms with Crippen LogP contribution in [0.15, 0.2) is 16.5 Å². The van der Waals surface area contributed by atoms with E-state index in [1.54, 1.807) is 6.21 Å². The van der Waals surface area contributed by atoms with Crippen LogP contribution in [-0.2, 0) is 0 Å². The van der Waals surface area contributed by atoms with E-state index in [-0.39, 0.29) is 4.83 Å². The van der Waals surface area contributed by atoms with Gasteiger partial charge in [-0.25, -0.2) is 0 Å². The molecule has 7 heavy (non-hydrogen) atoms. The van der Waals surface area contributed by atoms with Gasteiger partial charge in [-0.1, -0.05) is 29.9 Å². The van der Waals surface area contributed by atoms with Crippen LogP contribution in [0.2, 0.25) is 0 Å². The quantitative estimate of drug-likeness (QED) is 0.363. The highest BCUT2D eigenvalue weighted by molar-refractivity contribution is 8.05. The molecule has 0 saturated heterocycles. The summed E-state index contributed by atoms with van der Waals surface area (Å²) in [6.45, 7) is 3.63. The van der Waals surface area contributed by atoms with Gasteiger partial charge < -0.3 is 0 Å². The number of hydrogen-bond acceptors (Lipinski definition) is 2. The van der Waals surface area contributed by atoms with E-state index in [1.165, 1.54) is 11.8 Å². The zero-order valence-electron chi connectivity index (χ0n) is 3.60. The smallest absolute Gasteiger partial charge is 0.173 e. The Bertz CT molecular complexity index is 121. The Balaban J connectivity index is 2.58. The van der Waals surface area contributed by atoms with Crippen LogP contribution >= 0.6 is 23.4 Å². The predicted octanol–water partition coefficient (Wildman–Crippen LogP) is 1.84. The summed E-state index contributed by atoms with van der Waals surface area (Å²) < 4.78 is 0. The minimum absolute atomic E-state index is 0.118. The SMILES string of the molecule is C=C1C=NC(Cl)S1. The van der Waals surface area contributed by atoms with Crippen molar-refractivity contribution >= 4 is 29.6 Å². The van der Waals surface area contributed by atoms with E-state index in [9.17, 15) is 0 Å². The molecule has 3 heteroatoms. The Morgan fingerprint density at radius 2 is 2.71 bits per heavy atom. The molecular formula is C4H4ClNS. The minimum atomic E-state index is -0.118. The first-order chi connectivity index (χ1) is 3.29. The van der Waals surface area contributed by atoms with Crippen molar-refractivity contribution < 1.29 is 0 Å².